The van der Waals surface area contributed by atoms with E-state index in [0.717, 1.165) is 43.4 Å². The molecule has 0 heterocycles. The Balaban J connectivity index is 0.000000880. The monoisotopic (exact) mass is 342 g/mol. The van der Waals surface area contributed by atoms with E-state index in [9.17, 15) is 9.59 Å². The molecule has 0 radical (unpaired) electrons. The van der Waals surface area contributed by atoms with Crippen LogP contribution in [-0.4, -0.2) is 11.6 Å². The highest BCUT2D eigenvalue weighted by atomic mass is 16.1. The van der Waals surface area contributed by atoms with Gasteiger partial charge in [0, 0.05) is 12.3 Å². The van der Waals surface area contributed by atoms with Gasteiger partial charge in [0.15, 0.2) is 5.78 Å². The van der Waals surface area contributed by atoms with E-state index >= 15 is 0 Å². The van der Waals surface area contributed by atoms with Gasteiger partial charge in [-0.25, -0.2) is 0 Å². The summed E-state index contributed by atoms with van der Waals surface area (Å²) in [7, 11) is 0. The first-order valence-corrected chi connectivity index (χ1v) is 10.1. The molecule has 0 aliphatic heterocycles. The second-order valence-electron chi connectivity index (χ2n) is 9.25. The van der Waals surface area contributed by atoms with E-state index in [-0.39, 0.29) is 10.8 Å². The van der Waals surface area contributed by atoms with E-state index in [1.165, 1.54) is 31.3 Å². The lowest BCUT2D eigenvalue weighted by Gasteiger charge is -2.58. The molecule has 0 bridgehead atoms. The number of carbonyl (C=O) groups is 2. The maximum absolute atomic E-state index is 12.1. The highest BCUT2D eigenvalue weighted by Crippen LogP contribution is 2.66. The number of carbonyl (C=O) groups excluding carboxylic acids is 2. The van der Waals surface area contributed by atoms with Crippen LogP contribution in [0.1, 0.15) is 72.1 Å². The van der Waals surface area contributed by atoms with Crippen molar-refractivity contribution in [1.82, 2.24) is 0 Å². The summed E-state index contributed by atoms with van der Waals surface area (Å²) in [5.41, 5.74) is 1.95. The minimum atomic E-state index is 0.245. The van der Waals surface area contributed by atoms with E-state index in [1.807, 2.05) is 6.08 Å². The van der Waals surface area contributed by atoms with Gasteiger partial charge in [-0.15, -0.1) is 13.2 Å². The van der Waals surface area contributed by atoms with Crippen molar-refractivity contribution in [3.8, 4) is 0 Å². The van der Waals surface area contributed by atoms with Crippen molar-refractivity contribution in [2.24, 2.45) is 34.5 Å². The number of rotatable bonds is 1. The molecular formula is C23H34O2. The normalized spacial score (nSPS) is 45.2. The number of fused-ring (bicyclic) bond motifs is 5. The van der Waals surface area contributed by atoms with Crippen LogP contribution in [0.25, 0.3) is 0 Å². The van der Waals surface area contributed by atoms with E-state index in [4.69, 9.17) is 0 Å². The van der Waals surface area contributed by atoms with Gasteiger partial charge in [0.1, 0.15) is 5.78 Å². The van der Waals surface area contributed by atoms with Crippen molar-refractivity contribution in [2.45, 2.75) is 72.1 Å². The molecule has 0 unspecified atom stereocenters. The van der Waals surface area contributed by atoms with Crippen molar-refractivity contribution < 1.29 is 9.59 Å². The fourth-order valence-electron chi connectivity index (χ4n) is 7.23. The Bertz CT molecular complexity index is 603. The lowest BCUT2D eigenvalue weighted by molar-refractivity contribution is -0.128. The fourth-order valence-corrected chi connectivity index (χ4v) is 7.23. The third kappa shape index (κ3) is 2.67. The van der Waals surface area contributed by atoms with Crippen molar-refractivity contribution in [1.29, 1.82) is 0 Å². The van der Waals surface area contributed by atoms with Gasteiger partial charge in [0.2, 0.25) is 0 Å². The summed E-state index contributed by atoms with van der Waals surface area (Å²) < 4.78 is 0. The van der Waals surface area contributed by atoms with Crippen LogP contribution in [0.3, 0.4) is 0 Å². The van der Waals surface area contributed by atoms with Gasteiger partial charge in [-0.3, -0.25) is 9.59 Å². The Labute approximate surface area is 153 Å². The molecular weight excluding hydrogens is 308 g/mol. The minimum Gasteiger partial charge on any atom is -0.300 e. The van der Waals surface area contributed by atoms with E-state index in [1.54, 1.807) is 6.92 Å². The second-order valence-corrected chi connectivity index (χ2v) is 9.25. The smallest absolute Gasteiger partial charge is 0.155 e. The summed E-state index contributed by atoms with van der Waals surface area (Å²) in [6.07, 6.45) is 10.9. The molecule has 0 spiro atoms. The van der Waals surface area contributed by atoms with Crippen LogP contribution >= 0.6 is 0 Å². The molecule has 0 aromatic heterocycles. The molecule has 2 heteroatoms. The first-order chi connectivity index (χ1) is 11.9. The zero-order valence-electron chi connectivity index (χ0n) is 16.3. The quantitative estimate of drug-likeness (QED) is 0.587. The molecule has 25 heavy (non-hydrogen) atoms. The van der Waals surface area contributed by atoms with Gasteiger partial charge in [-0.05, 0) is 86.5 Å². The predicted octanol–water partition coefficient (Wildman–Crippen LogP) is 5.53. The lowest BCUT2D eigenvalue weighted by Crippen LogP contribution is -2.51. The number of ketones is 2. The van der Waals surface area contributed by atoms with Gasteiger partial charge in [0.05, 0.1) is 0 Å². The van der Waals surface area contributed by atoms with Gasteiger partial charge in [-0.1, -0.05) is 19.4 Å². The molecule has 3 saturated carbocycles. The second kappa shape index (κ2) is 6.52. The summed E-state index contributed by atoms with van der Waals surface area (Å²) in [6, 6.07) is 0. The van der Waals surface area contributed by atoms with Crippen LogP contribution in [0.4, 0.5) is 0 Å². The molecule has 138 valence electrons. The lowest BCUT2D eigenvalue weighted by atomic mass is 9.47. The maximum atomic E-state index is 12.1. The summed E-state index contributed by atoms with van der Waals surface area (Å²) in [5, 5.41) is 0. The number of hydrogen-bond donors (Lipinski definition) is 0. The van der Waals surface area contributed by atoms with E-state index in [0.29, 0.717) is 17.5 Å². The molecule has 0 aromatic carbocycles. The van der Waals surface area contributed by atoms with E-state index in [2.05, 4.69) is 27.0 Å². The van der Waals surface area contributed by atoms with Crippen LogP contribution in [0, 0.1) is 34.5 Å². The maximum Gasteiger partial charge on any atom is 0.155 e. The van der Waals surface area contributed by atoms with Crippen molar-refractivity contribution in [3.05, 3.63) is 24.8 Å². The molecule has 4 rings (SSSR count). The van der Waals surface area contributed by atoms with Crippen molar-refractivity contribution in [2.75, 3.05) is 0 Å². The first kappa shape index (κ1) is 18.6. The highest BCUT2D eigenvalue weighted by molar-refractivity contribution is 5.91. The summed E-state index contributed by atoms with van der Waals surface area (Å²) in [4.78, 5) is 24.0. The molecule has 0 amide bonds. The summed E-state index contributed by atoms with van der Waals surface area (Å²) >= 11 is 0. The van der Waals surface area contributed by atoms with Gasteiger partial charge >= 0.3 is 0 Å². The standard InChI is InChI=1S/C21H30O2.C2H4/c1-13(22)17-6-7-18-16-5-4-14-12-15(23)8-10-20(14,2)19(16)9-11-21(17,18)3;1-2/h12,16-19H,4-11H2,1-3H3;1-2H2/t16-,17+,18-,19-,20-,21+;/m0./s1. The molecule has 3 fully saturated rings. The van der Waals surface area contributed by atoms with E-state index < -0.39 is 0 Å². The van der Waals surface area contributed by atoms with Crippen molar-refractivity contribution >= 4 is 11.6 Å². The zero-order valence-corrected chi connectivity index (χ0v) is 16.3. The molecule has 4 aliphatic carbocycles. The van der Waals surface area contributed by atoms with Crippen LogP contribution in [0.15, 0.2) is 24.8 Å². The minimum absolute atomic E-state index is 0.245. The molecule has 6 atom stereocenters. The van der Waals surface area contributed by atoms with Crippen LogP contribution in [0.5, 0.6) is 0 Å². The first-order valence-electron chi connectivity index (χ1n) is 10.1. The van der Waals surface area contributed by atoms with Gasteiger partial charge in [-0.2, -0.15) is 0 Å². The third-order valence-electron chi connectivity index (χ3n) is 8.45. The SMILES string of the molecule is C=C.CC(=O)[C@H]1CC[C@H]2[C@@H]3CCC4=CC(=O)CC[C@]4(C)[C@H]3CC[C@]12C. The van der Waals surface area contributed by atoms with Crippen molar-refractivity contribution in [3.63, 3.8) is 0 Å². The average Bonchev–Trinajstić information content (AvgIpc) is 2.95. The van der Waals surface area contributed by atoms with Gasteiger partial charge in [0.25, 0.3) is 0 Å². The summed E-state index contributed by atoms with van der Waals surface area (Å²) in [5.74, 6) is 3.29. The number of allylic oxidation sites excluding steroid dienone is 1. The molecule has 0 saturated heterocycles. The van der Waals surface area contributed by atoms with Crippen LogP contribution < -0.4 is 0 Å². The Kier molecular flexibility index (Phi) is 4.85. The zero-order chi connectivity index (χ0) is 18.4. The topological polar surface area (TPSA) is 34.1 Å². The largest absolute Gasteiger partial charge is 0.300 e. The van der Waals surface area contributed by atoms with Gasteiger partial charge < -0.3 is 0 Å². The number of hydrogen-bond acceptors (Lipinski definition) is 2. The fraction of sp³-hybridized carbons (Fsp3) is 0.739. The molecule has 4 aliphatic rings. The molecule has 2 nitrogen and oxygen atoms in total. The average molecular weight is 343 g/mol. The summed E-state index contributed by atoms with van der Waals surface area (Å²) in [6.45, 7) is 12.6. The Morgan fingerprint density at radius 2 is 1.76 bits per heavy atom. The van der Waals surface area contributed by atoms with Crippen LogP contribution in [-0.2, 0) is 9.59 Å². The Morgan fingerprint density at radius 1 is 1.04 bits per heavy atom. The Morgan fingerprint density at radius 3 is 2.44 bits per heavy atom. The highest BCUT2D eigenvalue weighted by Gasteiger charge is 2.59. The molecule has 0 aromatic rings. The third-order valence-corrected chi connectivity index (χ3v) is 8.45. The predicted molar refractivity (Wildman–Crippen MR) is 102 cm³/mol. The molecule has 0 N–H and O–H groups in total. The Hall–Kier alpha value is -1.18. The number of Topliss-reactive ketones (excluding diaryl/α,β-unsaturated/α-hetero) is 1. The van der Waals surface area contributed by atoms with Crippen LogP contribution in [0.2, 0.25) is 0 Å².